The number of halogens is 1. The second kappa shape index (κ2) is 7.92. The van der Waals surface area contributed by atoms with E-state index in [-0.39, 0.29) is 24.3 Å². The molecule has 1 unspecified atom stereocenters. The minimum absolute atomic E-state index is 0.128. The normalized spacial score (nSPS) is 11.6. The lowest BCUT2D eigenvalue weighted by Crippen LogP contribution is -2.35. The van der Waals surface area contributed by atoms with Gasteiger partial charge < -0.3 is 10.6 Å². The second-order valence-electron chi connectivity index (χ2n) is 5.45. The molecule has 23 heavy (non-hydrogen) atoms. The van der Waals surface area contributed by atoms with E-state index in [9.17, 15) is 9.59 Å². The molecule has 0 aromatic heterocycles. The first-order valence-electron chi connectivity index (χ1n) is 7.37. The van der Waals surface area contributed by atoms with Gasteiger partial charge in [0.15, 0.2) is 0 Å². The Morgan fingerprint density at radius 3 is 2.48 bits per heavy atom. The zero-order valence-corrected chi connectivity index (χ0v) is 14.7. The number of amides is 2. The van der Waals surface area contributed by atoms with Crippen molar-refractivity contribution in [1.82, 2.24) is 5.32 Å². The monoisotopic (exact) mass is 374 g/mol. The van der Waals surface area contributed by atoms with E-state index in [0.29, 0.717) is 5.56 Å². The van der Waals surface area contributed by atoms with Gasteiger partial charge in [0.2, 0.25) is 5.91 Å². The van der Waals surface area contributed by atoms with Gasteiger partial charge in [0.1, 0.15) is 0 Å². The molecule has 5 heteroatoms. The van der Waals surface area contributed by atoms with Gasteiger partial charge in [-0.05, 0) is 49.7 Å². The van der Waals surface area contributed by atoms with Crippen LogP contribution in [0.3, 0.4) is 0 Å². The molecule has 0 saturated carbocycles. The Bertz CT molecular complexity index is 701. The number of carbonyl (C=O) groups excluding carboxylic acids is 2. The van der Waals surface area contributed by atoms with Gasteiger partial charge in [0, 0.05) is 28.2 Å². The topological polar surface area (TPSA) is 58.2 Å². The van der Waals surface area contributed by atoms with E-state index in [2.05, 4.69) is 26.6 Å². The molecule has 1 atom stereocenters. The summed E-state index contributed by atoms with van der Waals surface area (Å²) in [5.41, 5.74) is 2.34. The first-order chi connectivity index (χ1) is 11.0. The maximum atomic E-state index is 12.1. The summed E-state index contributed by atoms with van der Waals surface area (Å²) in [5, 5.41) is 5.70. The smallest absolute Gasteiger partial charge is 0.251 e. The van der Waals surface area contributed by atoms with Crippen LogP contribution in [0.5, 0.6) is 0 Å². The Hall–Kier alpha value is -2.14. The third-order valence-electron chi connectivity index (χ3n) is 3.37. The number of carbonyl (C=O) groups is 2. The zero-order chi connectivity index (χ0) is 16.8. The molecule has 2 N–H and O–H groups in total. The van der Waals surface area contributed by atoms with Gasteiger partial charge in [0.05, 0.1) is 0 Å². The van der Waals surface area contributed by atoms with Crippen molar-refractivity contribution >= 4 is 33.4 Å². The molecule has 0 spiro atoms. The number of hydrogen-bond donors (Lipinski definition) is 2. The van der Waals surface area contributed by atoms with Crippen molar-refractivity contribution < 1.29 is 9.59 Å². The summed E-state index contributed by atoms with van der Waals surface area (Å²) in [5.74, 6) is -0.304. The lowest BCUT2D eigenvalue weighted by atomic mass is 10.1. The highest BCUT2D eigenvalue weighted by Crippen LogP contribution is 2.20. The fraction of sp³-hybridized carbons (Fsp3) is 0.222. The molecule has 2 rings (SSSR count). The molecule has 0 aliphatic heterocycles. The SMILES string of the molecule is Cc1cc(Br)ccc1NC(=O)CC(C)NC(=O)c1ccccc1. The number of rotatable bonds is 5. The van der Waals surface area contributed by atoms with Crippen molar-refractivity contribution in [1.29, 1.82) is 0 Å². The van der Waals surface area contributed by atoms with Crippen molar-refractivity contribution in [2.45, 2.75) is 26.3 Å². The van der Waals surface area contributed by atoms with E-state index in [1.54, 1.807) is 12.1 Å². The van der Waals surface area contributed by atoms with Crippen LogP contribution in [0.2, 0.25) is 0 Å². The van der Waals surface area contributed by atoms with Crippen LogP contribution in [0.25, 0.3) is 0 Å². The first-order valence-corrected chi connectivity index (χ1v) is 8.17. The van der Waals surface area contributed by atoms with E-state index < -0.39 is 0 Å². The van der Waals surface area contributed by atoms with Gasteiger partial charge in [0.25, 0.3) is 5.91 Å². The van der Waals surface area contributed by atoms with Crippen LogP contribution in [0.15, 0.2) is 53.0 Å². The van der Waals surface area contributed by atoms with Gasteiger partial charge in [-0.1, -0.05) is 34.1 Å². The highest BCUT2D eigenvalue weighted by atomic mass is 79.9. The Morgan fingerprint density at radius 1 is 1.13 bits per heavy atom. The molecule has 2 aromatic carbocycles. The molecular formula is C18H19BrN2O2. The molecule has 2 aromatic rings. The average molecular weight is 375 g/mol. The van der Waals surface area contributed by atoms with Crippen LogP contribution in [0.4, 0.5) is 5.69 Å². The summed E-state index contributed by atoms with van der Waals surface area (Å²) in [6.07, 6.45) is 0.216. The number of benzene rings is 2. The third kappa shape index (κ3) is 5.21. The van der Waals surface area contributed by atoms with Gasteiger partial charge in [-0.25, -0.2) is 0 Å². The predicted molar refractivity (Wildman–Crippen MR) is 95.5 cm³/mol. The summed E-state index contributed by atoms with van der Waals surface area (Å²) in [6.45, 7) is 3.75. The standard InChI is InChI=1S/C18H19BrN2O2/c1-12-10-15(19)8-9-16(12)21-17(22)11-13(2)20-18(23)14-6-4-3-5-7-14/h3-10,13H,11H2,1-2H3,(H,20,23)(H,21,22). The van der Waals surface area contributed by atoms with Crippen molar-refractivity contribution in [3.8, 4) is 0 Å². The van der Waals surface area contributed by atoms with E-state index in [4.69, 9.17) is 0 Å². The van der Waals surface area contributed by atoms with Gasteiger partial charge in [-0.2, -0.15) is 0 Å². The number of aryl methyl sites for hydroxylation is 1. The van der Waals surface area contributed by atoms with Crippen molar-refractivity contribution in [2.24, 2.45) is 0 Å². The molecule has 0 heterocycles. The van der Waals surface area contributed by atoms with E-state index >= 15 is 0 Å². The summed E-state index contributed by atoms with van der Waals surface area (Å²) in [4.78, 5) is 24.1. The van der Waals surface area contributed by atoms with Crippen LogP contribution in [0, 0.1) is 6.92 Å². The fourth-order valence-corrected chi connectivity index (χ4v) is 2.67. The lowest BCUT2D eigenvalue weighted by Gasteiger charge is -2.15. The van der Waals surface area contributed by atoms with Crippen LogP contribution >= 0.6 is 15.9 Å². The maximum absolute atomic E-state index is 12.1. The molecule has 4 nitrogen and oxygen atoms in total. The molecule has 0 fully saturated rings. The average Bonchev–Trinajstić information content (AvgIpc) is 2.50. The van der Waals surface area contributed by atoms with E-state index in [0.717, 1.165) is 15.7 Å². The fourth-order valence-electron chi connectivity index (χ4n) is 2.19. The molecule has 0 aliphatic rings. The predicted octanol–water partition coefficient (Wildman–Crippen LogP) is 3.90. The lowest BCUT2D eigenvalue weighted by molar-refractivity contribution is -0.116. The largest absolute Gasteiger partial charge is 0.349 e. The summed E-state index contributed by atoms with van der Waals surface area (Å²) >= 11 is 3.39. The second-order valence-corrected chi connectivity index (χ2v) is 6.37. The van der Waals surface area contributed by atoms with Crippen molar-refractivity contribution in [2.75, 3.05) is 5.32 Å². The Morgan fingerprint density at radius 2 is 1.83 bits per heavy atom. The van der Waals surface area contributed by atoms with Gasteiger partial charge in [-0.15, -0.1) is 0 Å². The van der Waals surface area contributed by atoms with Crippen LogP contribution in [-0.4, -0.2) is 17.9 Å². The van der Waals surface area contributed by atoms with E-state index in [1.807, 2.05) is 50.2 Å². The quantitative estimate of drug-likeness (QED) is 0.833. The zero-order valence-electron chi connectivity index (χ0n) is 13.1. The summed E-state index contributed by atoms with van der Waals surface area (Å²) < 4.78 is 0.969. The molecule has 0 radical (unpaired) electrons. The third-order valence-corrected chi connectivity index (χ3v) is 3.86. The van der Waals surface area contributed by atoms with Crippen molar-refractivity contribution in [3.05, 3.63) is 64.1 Å². The Kier molecular flexibility index (Phi) is 5.93. The molecule has 120 valence electrons. The number of nitrogens with one attached hydrogen (secondary N) is 2. The van der Waals surface area contributed by atoms with Crippen molar-refractivity contribution in [3.63, 3.8) is 0 Å². The molecule has 0 bridgehead atoms. The van der Waals surface area contributed by atoms with Crippen LogP contribution < -0.4 is 10.6 Å². The molecule has 2 amide bonds. The molecular weight excluding hydrogens is 356 g/mol. The first kappa shape index (κ1) is 17.2. The molecule has 0 saturated heterocycles. The Labute approximate surface area is 144 Å². The number of hydrogen-bond acceptors (Lipinski definition) is 2. The minimum Gasteiger partial charge on any atom is -0.349 e. The highest BCUT2D eigenvalue weighted by molar-refractivity contribution is 9.10. The molecule has 0 aliphatic carbocycles. The van der Waals surface area contributed by atoms with Gasteiger partial charge in [-0.3, -0.25) is 9.59 Å². The van der Waals surface area contributed by atoms with Gasteiger partial charge >= 0.3 is 0 Å². The van der Waals surface area contributed by atoms with E-state index in [1.165, 1.54) is 0 Å². The highest BCUT2D eigenvalue weighted by Gasteiger charge is 2.13. The summed E-state index contributed by atoms with van der Waals surface area (Å²) in [6, 6.07) is 14.4. The number of anilines is 1. The maximum Gasteiger partial charge on any atom is 0.251 e. The summed E-state index contributed by atoms with van der Waals surface area (Å²) in [7, 11) is 0. The Balaban J connectivity index is 1.88. The minimum atomic E-state index is -0.251. The van der Waals surface area contributed by atoms with Crippen LogP contribution in [-0.2, 0) is 4.79 Å². The van der Waals surface area contributed by atoms with Crippen LogP contribution in [0.1, 0.15) is 29.3 Å².